The van der Waals surface area contributed by atoms with Crippen LogP contribution < -0.4 is 4.74 Å². The lowest BCUT2D eigenvalue weighted by Crippen LogP contribution is -2.24. The summed E-state index contributed by atoms with van der Waals surface area (Å²) in [4.78, 5) is 22.3. The molecule has 0 radical (unpaired) electrons. The van der Waals surface area contributed by atoms with Crippen LogP contribution in [0.25, 0.3) is 22.2 Å². The van der Waals surface area contributed by atoms with Crippen LogP contribution in [0, 0.1) is 0 Å². The fourth-order valence-corrected chi connectivity index (χ4v) is 5.76. The van der Waals surface area contributed by atoms with Crippen LogP contribution in [-0.4, -0.2) is 28.1 Å². The first kappa shape index (κ1) is 30.0. The number of unbranched alkanes of at least 4 members (excludes halogenated alkanes) is 8. The van der Waals surface area contributed by atoms with Crippen LogP contribution >= 0.6 is 0 Å². The lowest BCUT2D eigenvalue weighted by Gasteiger charge is -2.22. The van der Waals surface area contributed by atoms with E-state index in [0.29, 0.717) is 11.5 Å². The number of aromatic nitrogens is 2. The van der Waals surface area contributed by atoms with E-state index in [0.717, 1.165) is 59.3 Å². The Balaban J connectivity index is 1.43. The van der Waals surface area contributed by atoms with Gasteiger partial charge in [-0.15, -0.1) is 0 Å². The van der Waals surface area contributed by atoms with Gasteiger partial charge in [0, 0.05) is 17.0 Å². The van der Waals surface area contributed by atoms with Gasteiger partial charge in [0.2, 0.25) is 0 Å². The Morgan fingerprint density at radius 2 is 1.57 bits per heavy atom. The highest BCUT2D eigenvalue weighted by Crippen LogP contribution is 2.39. The van der Waals surface area contributed by atoms with E-state index in [1.54, 1.807) is 6.33 Å². The highest BCUT2D eigenvalue weighted by atomic mass is 16.6. The monoisotopic (exact) mass is 544 g/mol. The van der Waals surface area contributed by atoms with E-state index in [4.69, 9.17) is 9.47 Å². The molecule has 0 N–H and O–H groups in total. The molecule has 2 aromatic carbocycles. The third-order valence-corrected chi connectivity index (χ3v) is 7.86. The SMILES string of the molecule is CCCCCCCCCCCOc1ccc2c(-c3ccc(C(=O)OC(C)(C)C)c(C4CCCC4)c3)ncnc2c1. The van der Waals surface area contributed by atoms with Gasteiger partial charge in [0.15, 0.2) is 0 Å². The maximum atomic E-state index is 13.1. The molecule has 1 aliphatic carbocycles. The first-order chi connectivity index (χ1) is 19.4. The van der Waals surface area contributed by atoms with E-state index in [-0.39, 0.29) is 5.97 Å². The molecule has 3 aromatic rings. The Morgan fingerprint density at radius 1 is 0.875 bits per heavy atom. The Bertz CT molecular complexity index is 1240. The van der Waals surface area contributed by atoms with E-state index in [9.17, 15) is 4.79 Å². The third kappa shape index (κ3) is 8.52. The van der Waals surface area contributed by atoms with Crippen molar-refractivity contribution in [1.82, 2.24) is 9.97 Å². The number of carbonyl (C=O) groups is 1. The molecule has 0 saturated heterocycles. The number of carbonyl (C=O) groups excluding carboxylic acids is 1. The van der Waals surface area contributed by atoms with Gasteiger partial charge in [-0.05, 0) is 75.8 Å². The normalized spacial score (nSPS) is 14.1. The second-order valence-electron chi connectivity index (χ2n) is 12.4. The fraction of sp³-hybridized carbons (Fsp3) is 0.571. The van der Waals surface area contributed by atoms with Crippen LogP contribution in [0.2, 0.25) is 0 Å². The van der Waals surface area contributed by atoms with Crippen LogP contribution in [-0.2, 0) is 4.74 Å². The summed E-state index contributed by atoms with van der Waals surface area (Å²) in [7, 11) is 0. The standard InChI is InChI=1S/C35H48N2O3/c1-5-6-7-8-9-10-11-12-15-22-39-28-19-21-30-32(24-28)36-25-37-33(30)27-18-20-29(34(38)40-35(2,3)4)31(23-27)26-16-13-14-17-26/h18-21,23-26H,5-17,22H2,1-4H3. The van der Waals surface area contributed by atoms with E-state index in [1.165, 1.54) is 64.2 Å². The van der Waals surface area contributed by atoms with Gasteiger partial charge in [-0.2, -0.15) is 0 Å². The molecule has 1 aliphatic rings. The summed E-state index contributed by atoms with van der Waals surface area (Å²) in [5.74, 6) is 0.975. The number of hydrogen-bond donors (Lipinski definition) is 0. The number of fused-ring (bicyclic) bond motifs is 1. The van der Waals surface area contributed by atoms with E-state index in [2.05, 4.69) is 29.0 Å². The van der Waals surface area contributed by atoms with Crippen molar-refractivity contribution in [3.05, 3.63) is 53.9 Å². The Hall–Kier alpha value is -2.95. The number of benzene rings is 2. The van der Waals surface area contributed by atoms with E-state index < -0.39 is 5.60 Å². The molecule has 5 nitrogen and oxygen atoms in total. The zero-order valence-electron chi connectivity index (χ0n) is 25.1. The van der Waals surface area contributed by atoms with Crippen LogP contribution in [0.4, 0.5) is 0 Å². The van der Waals surface area contributed by atoms with Gasteiger partial charge in [-0.1, -0.05) is 77.2 Å². The van der Waals surface area contributed by atoms with Crippen molar-refractivity contribution < 1.29 is 14.3 Å². The minimum absolute atomic E-state index is 0.248. The first-order valence-electron chi connectivity index (χ1n) is 15.6. The van der Waals surface area contributed by atoms with Gasteiger partial charge < -0.3 is 9.47 Å². The number of hydrogen-bond acceptors (Lipinski definition) is 5. The average molecular weight is 545 g/mol. The molecule has 216 valence electrons. The molecule has 1 aromatic heterocycles. The Morgan fingerprint density at radius 3 is 2.27 bits per heavy atom. The summed E-state index contributed by atoms with van der Waals surface area (Å²) < 4.78 is 11.8. The third-order valence-electron chi connectivity index (χ3n) is 7.86. The minimum Gasteiger partial charge on any atom is -0.494 e. The second-order valence-corrected chi connectivity index (χ2v) is 12.4. The maximum Gasteiger partial charge on any atom is 0.338 e. The molecule has 0 atom stereocenters. The molecule has 0 amide bonds. The first-order valence-corrected chi connectivity index (χ1v) is 15.6. The van der Waals surface area contributed by atoms with Crippen LogP contribution in [0.15, 0.2) is 42.7 Å². The molecule has 1 saturated carbocycles. The molecule has 1 fully saturated rings. The van der Waals surface area contributed by atoms with Crippen molar-refractivity contribution in [2.45, 2.75) is 123 Å². The van der Waals surface area contributed by atoms with E-state index in [1.807, 2.05) is 45.0 Å². The summed E-state index contributed by atoms with van der Waals surface area (Å²) in [5, 5.41) is 0.986. The lowest BCUT2D eigenvalue weighted by atomic mass is 9.90. The smallest absolute Gasteiger partial charge is 0.338 e. The van der Waals surface area contributed by atoms with Gasteiger partial charge >= 0.3 is 5.97 Å². The minimum atomic E-state index is -0.529. The van der Waals surface area contributed by atoms with Crippen LogP contribution in [0.5, 0.6) is 5.75 Å². The number of rotatable bonds is 14. The van der Waals surface area contributed by atoms with Gasteiger partial charge in [0.05, 0.1) is 23.4 Å². The molecule has 40 heavy (non-hydrogen) atoms. The largest absolute Gasteiger partial charge is 0.494 e. The maximum absolute atomic E-state index is 13.1. The predicted molar refractivity (Wildman–Crippen MR) is 164 cm³/mol. The summed E-state index contributed by atoms with van der Waals surface area (Å²) >= 11 is 0. The molecule has 4 rings (SSSR count). The number of esters is 1. The molecule has 0 unspecified atom stereocenters. The molecular formula is C35H48N2O3. The fourth-order valence-electron chi connectivity index (χ4n) is 5.76. The highest BCUT2D eigenvalue weighted by molar-refractivity contribution is 5.95. The van der Waals surface area contributed by atoms with Crippen molar-refractivity contribution in [2.24, 2.45) is 0 Å². The van der Waals surface area contributed by atoms with Crippen molar-refractivity contribution >= 4 is 16.9 Å². The van der Waals surface area contributed by atoms with Gasteiger partial charge in [-0.3, -0.25) is 0 Å². The molecule has 0 bridgehead atoms. The zero-order valence-corrected chi connectivity index (χ0v) is 25.1. The molecule has 1 heterocycles. The second kappa shape index (κ2) is 14.6. The van der Waals surface area contributed by atoms with Crippen LogP contribution in [0.3, 0.4) is 0 Å². The average Bonchev–Trinajstić information content (AvgIpc) is 3.47. The molecule has 0 aliphatic heterocycles. The van der Waals surface area contributed by atoms with Crippen molar-refractivity contribution in [2.75, 3.05) is 6.61 Å². The topological polar surface area (TPSA) is 61.3 Å². The van der Waals surface area contributed by atoms with Gasteiger partial charge in [0.25, 0.3) is 0 Å². The van der Waals surface area contributed by atoms with Crippen LogP contribution in [0.1, 0.15) is 133 Å². The van der Waals surface area contributed by atoms with Crippen molar-refractivity contribution in [1.29, 1.82) is 0 Å². The zero-order chi connectivity index (χ0) is 28.4. The molecule has 0 spiro atoms. The summed E-state index contributed by atoms with van der Waals surface area (Å²) in [6.07, 6.45) is 17.9. The van der Waals surface area contributed by atoms with Crippen molar-refractivity contribution in [3.63, 3.8) is 0 Å². The number of nitrogens with zero attached hydrogens (tertiary/aromatic N) is 2. The summed E-state index contributed by atoms with van der Waals surface area (Å²) in [6.45, 7) is 8.74. The lowest BCUT2D eigenvalue weighted by molar-refractivity contribution is 0.00678. The van der Waals surface area contributed by atoms with E-state index >= 15 is 0 Å². The molecular weight excluding hydrogens is 496 g/mol. The number of ether oxygens (including phenoxy) is 2. The highest BCUT2D eigenvalue weighted by Gasteiger charge is 2.26. The van der Waals surface area contributed by atoms with Gasteiger partial charge in [-0.25, -0.2) is 14.8 Å². The Labute approximate surface area is 241 Å². The van der Waals surface area contributed by atoms with Gasteiger partial charge in [0.1, 0.15) is 17.7 Å². The quantitative estimate of drug-likeness (QED) is 0.149. The summed E-state index contributed by atoms with van der Waals surface area (Å²) in [5.41, 5.74) is 3.98. The Kier molecular flexibility index (Phi) is 11.0. The summed E-state index contributed by atoms with van der Waals surface area (Å²) in [6, 6.07) is 12.2. The molecule has 5 heteroatoms. The van der Waals surface area contributed by atoms with Crippen molar-refractivity contribution in [3.8, 4) is 17.0 Å². The predicted octanol–water partition coefficient (Wildman–Crippen LogP) is 9.82.